The first kappa shape index (κ1) is 22.8. The van der Waals surface area contributed by atoms with Crippen molar-refractivity contribution < 1.29 is 0 Å². The van der Waals surface area contributed by atoms with E-state index in [0.717, 1.165) is 43.5 Å². The summed E-state index contributed by atoms with van der Waals surface area (Å²) in [6.45, 7) is 7.26. The Morgan fingerprint density at radius 2 is 1.85 bits per heavy atom. The summed E-state index contributed by atoms with van der Waals surface area (Å²) in [5, 5.41) is 9.16. The number of aryl methyl sites for hydroxylation is 2. The van der Waals surface area contributed by atoms with Gasteiger partial charge in [0.2, 0.25) is 5.95 Å². The lowest BCUT2D eigenvalue weighted by Gasteiger charge is -2.35. The molecule has 0 spiro atoms. The Morgan fingerprint density at radius 1 is 1.09 bits per heavy atom. The molecule has 1 atom stereocenters. The first-order chi connectivity index (χ1) is 16.1. The number of fused-ring (bicyclic) bond motifs is 1. The normalized spacial score (nSPS) is 12.5. The molecular weight excluding hydrogens is 414 g/mol. The van der Waals surface area contributed by atoms with Gasteiger partial charge in [-0.1, -0.05) is 70.4 Å². The minimum Gasteiger partial charge on any atom is -0.316 e. The van der Waals surface area contributed by atoms with E-state index in [0.29, 0.717) is 22.9 Å². The van der Waals surface area contributed by atoms with Crippen molar-refractivity contribution in [3.63, 3.8) is 0 Å². The van der Waals surface area contributed by atoms with Crippen molar-refractivity contribution in [3.05, 3.63) is 70.4 Å². The highest BCUT2D eigenvalue weighted by Crippen LogP contribution is 2.29. The minimum atomic E-state index is -0.242. The van der Waals surface area contributed by atoms with Gasteiger partial charge in [-0.15, -0.1) is 0 Å². The van der Waals surface area contributed by atoms with Crippen LogP contribution in [0.4, 0.5) is 5.95 Å². The fraction of sp³-hybridized carbons (Fsp3) is 0.440. The van der Waals surface area contributed by atoms with E-state index >= 15 is 0 Å². The largest absolute Gasteiger partial charge is 0.316 e. The molecule has 3 heterocycles. The van der Waals surface area contributed by atoms with Crippen molar-refractivity contribution in [1.29, 1.82) is 0 Å². The number of benzene rings is 1. The first-order valence-corrected chi connectivity index (χ1v) is 11.8. The standard InChI is InChI=1S/C25H33N7O/c1-5-12-20-21-22(30(4)29-20)23(33)28-25(27-21)31(17-18(6-2)7-3)24(32-16-11-15-26-32)19-13-9-8-10-14-19/h8-11,13-16,18,24H,5-7,12,17H2,1-4H3,(H,27,28,33). The van der Waals surface area contributed by atoms with Gasteiger partial charge in [0.25, 0.3) is 5.56 Å². The second-order valence-electron chi connectivity index (χ2n) is 8.51. The molecule has 8 heteroatoms. The molecule has 0 fully saturated rings. The number of rotatable bonds is 10. The molecule has 0 amide bonds. The van der Waals surface area contributed by atoms with Crippen molar-refractivity contribution in [2.24, 2.45) is 13.0 Å². The number of H-pyrrole nitrogens is 1. The zero-order chi connectivity index (χ0) is 23.4. The fourth-order valence-electron chi connectivity index (χ4n) is 4.43. The van der Waals surface area contributed by atoms with Crippen LogP contribution in [0.3, 0.4) is 0 Å². The molecule has 8 nitrogen and oxygen atoms in total. The van der Waals surface area contributed by atoms with E-state index in [9.17, 15) is 4.79 Å². The Kier molecular flexibility index (Phi) is 6.91. The van der Waals surface area contributed by atoms with Crippen LogP contribution in [0, 0.1) is 5.92 Å². The second-order valence-corrected chi connectivity index (χ2v) is 8.51. The fourth-order valence-corrected chi connectivity index (χ4v) is 4.43. The molecule has 0 bridgehead atoms. The first-order valence-electron chi connectivity index (χ1n) is 11.8. The summed E-state index contributed by atoms with van der Waals surface area (Å²) in [5.74, 6) is 0.992. The molecule has 33 heavy (non-hydrogen) atoms. The SMILES string of the molecule is CCCc1nn(C)c2c(=O)[nH]c(N(CC(CC)CC)C(c3ccccc3)n3cccn3)nc12. The molecule has 0 aliphatic rings. The van der Waals surface area contributed by atoms with Crippen LogP contribution in [-0.2, 0) is 13.5 Å². The molecule has 4 aromatic rings. The van der Waals surface area contributed by atoms with Crippen LogP contribution in [0.5, 0.6) is 0 Å². The maximum absolute atomic E-state index is 13.2. The summed E-state index contributed by atoms with van der Waals surface area (Å²) < 4.78 is 3.57. The summed E-state index contributed by atoms with van der Waals surface area (Å²) in [6, 6.07) is 12.2. The minimum absolute atomic E-state index is 0.172. The van der Waals surface area contributed by atoms with Crippen LogP contribution in [0.25, 0.3) is 11.0 Å². The van der Waals surface area contributed by atoms with Crippen LogP contribution in [-0.4, -0.2) is 36.1 Å². The van der Waals surface area contributed by atoms with Gasteiger partial charge < -0.3 is 4.90 Å². The highest BCUT2D eigenvalue weighted by Gasteiger charge is 2.28. The monoisotopic (exact) mass is 447 g/mol. The van der Waals surface area contributed by atoms with Crippen molar-refractivity contribution in [2.45, 2.75) is 52.6 Å². The van der Waals surface area contributed by atoms with Gasteiger partial charge in [-0.2, -0.15) is 10.2 Å². The van der Waals surface area contributed by atoms with Crippen LogP contribution < -0.4 is 10.5 Å². The van der Waals surface area contributed by atoms with Crippen molar-refractivity contribution in [3.8, 4) is 0 Å². The average Bonchev–Trinajstić information content (AvgIpc) is 3.46. The summed E-state index contributed by atoms with van der Waals surface area (Å²) in [4.78, 5) is 23.5. The number of hydrogen-bond donors (Lipinski definition) is 1. The zero-order valence-electron chi connectivity index (χ0n) is 19.9. The van der Waals surface area contributed by atoms with Crippen molar-refractivity contribution >= 4 is 17.0 Å². The molecule has 0 saturated carbocycles. The predicted molar refractivity (Wildman–Crippen MR) is 131 cm³/mol. The molecule has 0 radical (unpaired) electrons. The molecule has 0 aliphatic heterocycles. The van der Waals surface area contributed by atoms with Crippen molar-refractivity contribution in [2.75, 3.05) is 11.4 Å². The number of nitrogens with zero attached hydrogens (tertiary/aromatic N) is 6. The lowest BCUT2D eigenvalue weighted by molar-refractivity contribution is 0.413. The Morgan fingerprint density at radius 3 is 2.48 bits per heavy atom. The summed E-state index contributed by atoms with van der Waals surface area (Å²) >= 11 is 0. The van der Waals surface area contributed by atoms with Gasteiger partial charge in [-0.25, -0.2) is 9.67 Å². The van der Waals surface area contributed by atoms with Gasteiger partial charge in [0.15, 0.2) is 11.7 Å². The molecule has 0 aliphatic carbocycles. The Labute approximate surface area is 194 Å². The summed E-state index contributed by atoms with van der Waals surface area (Å²) in [5.41, 5.74) is 2.96. The van der Waals surface area contributed by atoms with Gasteiger partial charge >= 0.3 is 0 Å². The maximum Gasteiger partial charge on any atom is 0.278 e. The van der Waals surface area contributed by atoms with E-state index in [1.165, 1.54) is 0 Å². The van der Waals surface area contributed by atoms with Crippen LogP contribution in [0.2, 0.25) is 0 Å². The van der Waals surface area contributed by atoms with E-state index in [-0.39, 0.29) is 11.7 Å². The summed E-state index contributed by atoms with van der Waals surface area (Å²) in [7, 11) is 1.80. The average molecular weight is 448 g/mol. The Bertz CT molecular complexity index is 1220. The van der Waals surface area contributed by atoms with E-state index in [1.807, 2.05) is 35.1 Å². The van der Waals surface area contributed by atoms with Crippen LogP contribution >= 0.6 is 0 Å². The smallest absolute Gasteiger partial charge is 0.278 e. The molecule has 1 aromatic carbocycles. The lowest BCUT2D eigenvalue weighted by Crippen LogP contribution is -2.39. The Hall–Kier alpha value is -3.42. The summed E-state index contributed by atoms with van der Waals surface area (Å²) in [6.07, 6.45) is 7.29. The predicted octanol–water partition coefficient (Wildman–Crippen LogP) is 4.30. The molecular formula is C25H33N7O. The topological polar surface area (TPSA) is 84.6 Å². The van der Waals surface area contributed by atoms with E-state index in [4.69, 9.17) is 4.98 Å². The third-order valence-electron chi connectivity index (χ3n) is 6.29. The van der Waals surface area contributed by atoms with E-state index in [2.05, 4.69) is 53.0 Å². The van der Waals surface area contributed by atoms with Gasteiger partial charge in [0.05, 0.1) is 5.69 Å². The maximum atomic E-state index is 13.2. The van der Waals surface area contributed by atoms with E-state index < -0.39 is 0 Å². The molecule has 3 aromatic heterocycles. The molecule has 1 N–H and O–H groups in total. The number of nitrogens with one attached hydrogen (secondary N) is 1. The highest BCUT2D eigenvalue weighted by atomic mass is 16.1. The van der Waals surface area contributed by atoms with E-state index in [1.54, 1.807) is 17.9 Å². The van der Waals surface area contributed by atoms with Crippen LogP contribution in [0.1, 0.15) is 57.5 Å². The Balaban J connectivity index is 1.92. The molecule has 0 saturated heterocycles. The highest BCUT2D eigenvalue weighted by molar-refractivity contribution is 5.78. The van der Waals surface area contributed by atoms with Gasteiger partial charge in [0, 0.05) is 26.0 Å². The molecule has 1 unspecified atom stereocenters. The number of aromatic amines is 1. The lowest BCUT2D eigenvalue weighted by atomic mass is 10.0. The van der Waals surface area contributed by atoms with Gasteiger partial charge in [0.1, 0.15) is 5.52 Å². The number of aromatic nitrogens is 6. The molecule has 174 valence electrons. The molecule has 4 rings (SSSR count). The van der Waals surface area contributed by atoms with Gasteiger partial charge in [-0.3, -0.25) is 14.5 Å². The quantitative estimate of drug-likeness (QED) is 0.392. The number of hydrogen-bond acceptors (Lipinski definition) is 5. The third-order valence-corrected chi connectivity index (χ3v) is 6.29. The van der Waals surface area contributed by atoms with Crippen LogP contribution in [0.15, 0.2) is 53.6 Å². The second kappa shape index (κ2) is 10.0. The zero-order valence-corrected chi connectivity index (χ0v) is 19.9. The van der Waals surface area contributed by atoms with Crippen molar-refractivity contribution in [1.82, 2.24) is 29.5 Å². The number of anilines is 1. The van der Waals surface area contributed by atoms with Gasteiger partial charge in [-0.05, 0) is 24.0 Å². The third kappa shape index (κ3) is 4.55.